The van der Waals surface area contributed by atoms with E-state index in [0.717, 1.165) is 10.7 Å². The van der Waals surface area contributed by atoms with Crippen LogP contribution < -0.4 is 10.7 Å². The molecule has 0 saturated carbocycles. The van der Waals surface area contributed by atoms with Crippen LogP contribution in [0.3, 0.4) is 0 Å². The Balaban J connectivity index is 1.98. The average Bonchev–Trinajstić information content (AvgIpc) is 2.55. The minimum atomic E-state index is -1.12. The minimum absolute atomic E-state index is 0.0362. The average molecular weight is 390 g/mol. The van der Waals surface area contributed by atoms with Gasteiger partial charge < -0.3 is 10.4 Å². The number of rotatable bonds is 4. The highest BCUT2D eigenvalue weighted by Gasteiger charge is 2.13. The number of hydrazone groups is 1. The molecule has 0 aliphatic carbocycles. The molecule has 3 N–H and O–H groups in total. The first-order valence-corrected chi connectivity index (χ1v) is 7.49. The summed E-state index contributed by atoms with van der Waals surface area (Å²) in [5.74, 6) is -2.98. The molecule has 0 saturated heterocycles. The van der Waals surface area contributed by atoms with Gasteiger partial charge in [-0.25, -0.2) is 10.2 Å². The maximum Gasteiger partial charge on any atom is 0.336 e. The van der Waals surface area contributed by atoms with Crippen molar-refractivity contribution < 1.29 is 19.5 Å². The van der Waals surface area contributed by atoms with Crippen molar-refractivity contribution >= 4 is 45.6 Å². The molecule has 7 nitrogen and oxygen atoms in total. The number of anilines is 1. The van der Waals surface area contributed by atoms with Crippen molar-refractivity contribution in [1.29, 1.82) is 0 Å². The van der Waals surface area contributed by atoms with Crippen LogP contribution in [0.25, 0.3) is 0 Å². The normalized spacial score (nSPS) is 10.4. The van der Waals surface area contributed by atoms with Crippen molar-refractivity contribution in [3.05, 3.63) is 64.1 Å². The lowest BCUT2D eigenvalue weighted by atomic mass is 10.1. The number of nitrogens with zero attached hydrogens (tertiary/aromatic N) is 1. The Morgan fingerprint density at radius 2 is 1.79 bits per heavy atom. The van der Waals surface area contributed by atoms with E-state index < -0.39 is 17.8 Å². The lowest BCUT2D eigenvalue weighted by Gasteiger charge is -2.04. The van der Waals surface area contributed by atoms with Gasteiger partial charge in [-0.1, -0.05) is 40.2 Å². The van der Waals surface area contributed by atoms with Crippen LogP contribution in [0.1, 0.15) is 15.9 Å². The number of benzene rings is 2. The molecule has 0 aliphatic rings. The zero-order chi connectivity index (χ0) is 17.5. The summed E-state index contributed by atoms with van der Waals surface area (Å²) < 4.78 is 0.754. The van der Waals surface area contributed by atoms with Crippen molar-refractivity contribution in [3.8, 4) is 0 Å². The Bertz CT molecular complexity index is 820. The summed E-state index contributed by atoms with van der Waals surface area (Å²) in [6, 6.07) is 12.9. The highest BCUT2D eigenvalue weighted by Crippen LogP contribution is 2.15. The third kappa shape index (κ3) is 4.75. The largest absolute Gasteiger partial charge is 0.478 e. The van der Waals surface area contributed by atoms with Crippen LogP contribution in [0.2, 0.25) is 0 Å². The molecule has 24 heavy (non-hydrogen) atoms. The topological polar surface area (TPSA) is 108 Å². The zero-order valence-electron chi connectivity index (χ0n) is 12.2. The molecule has 0 bridgehead atoms. The van der Waals surface area contributed by atoms with Gasteiger partial charge in [-0.15, -0.1) is 0 Å². The van der Waals surface area contributed by atoms with Crippen molar-refractivity contribution in [2.75, 3.05) is 5.32 Å². The van der Waals surface area contributed by atoms with E-state index in [-0.39, 0.29) is 5.56 Å². The quantitative estimate of drug-likeness (QED) is 0.423. The molecule has 0 spiro atoms. The van der Waals surface area contributed by atoms with Gasteiger partial charge in [0.2, 0.25) is 0 Å². The molecule has 0 aromatic heterocycles. The number of carboxylic acid groups (broad SMARTS) is 1. The van der Waals surface area contributed by atoms with Crippen LogP contribution in [0.15, 0.2) is 58.1 Å². The van der Waals surface area contributed by atoms with E-state index >= 15 is 0 Å². The van der Waals surface area contributed by atoms with E-state index in [1.807, 2.05) is 5.43 Å². The summed E-state index contributed by atoms with van der Waals surface area (Å²) in [4.78, 5) is 34.5. The Hall–Kier alpha value is -3.00. The number of halogens is 1. The SMILES string of the molecule is O=C(N/N=C\c1ccccc1C(=O)O)C(=O)Nc1cccc(Br)c1. The highest BCUT2D eigenvalue weighted by atomic mass is 79.9. The summed E-state index contributed by atoms with van der Waals surface area (Å²) in [5.41, 5.74) is 2.83. The summed E-state index contributed by atoms with van der Waals surface area (Å²) >= 11 is 3.25. The zero-order valence-corrected chi connectivity index (χ0v) is 13.8. The molecular weight excluding hydrogens is 378 g/mol. The third-order valence-corrected chi connectivity index (χ3v) is 3.34. The van der Waals surface area contributed by atoms with E-state index in [2.05, 4.69) is 26.3 Å². The fourth-order valence-corrected chi connectivity index (χ4v) is 2.17. The number of carboxylic acids is 1. The molecule has 2 aromatic rings. The van der Waals surface area contributed by atoms with Gasteiger partial charge in [-0.3, -0.25) is 9.59 Å². The lowest BCUT2D eigenvalue weighted by molar-refractivity contribution is -0.136. The summed E-state index contributed by atoms with van der Waals surface area (Å²) in [5, 5.41) is 15.1. The monoisotopic (exact) mass is 389 g/mol. The number of nitrogens with one attached hydrogen (secondary N) is 2. The van der Waals surface area contributed by atoms with Gasteiger partial charge in [0.05, 0.1) is 11.8 Å². The molecule has 2 amide bonds. The van der Waals surface area contributed by atoms with Gasteiger partial charge in [0.15, 0.2) is 0 Å². The predicted octanol–water partition coefficient (Wildman–Crippen LogP) is 2.24. The van der Waals surface area contributed by atoms with Gasteiger partial charge in [-0.05, 0) is 24.3 Å². The van der Waals surface area contributed by atoms with E-state index in [4.69, 9.17) is 5.11 Å². The van der Waals surface area contributed by atoms with Crippen LogP contribution in [0, 0.1) is 0 Å². The van der Waals surface area contributed by atoms with Crippen LogP contribution in [-0.4, -0.2) is 29.1 Å². The second kappa shape index (κ2) is 8.02. The molecule has 122 valence electrons. The fourth-order valence-electron chi connectivity index (χ4n) is 1.77. The number of hydrogen-bond donors (Lipinski definition) is 3. The molecule has 0 fully saturated rings. The van der Waals surface area contributed by atoms with Crippen LogP contribution in [0.4, 0.5) is 5.69 Å². The van der Waals surface area contributed by atoms with E-state index in [1.165, 1.54) is 12.1 Å². The molecule has 8 heteroatoms. The lowest BCUT2D eigenvalue weighted by Crippen LogP contribution is -2.32. The van der Waals surface area contributed by atoms with Crippen molar-refractivity contribution in [2.24, 2.45) is 5.10 Å². The number of carbonyl (C=O) groups excluding carboxylic acids is 2. The number of carbonyl (C=O) groups is 3. The molecule has 0 heterocycles. The molecule has 0 aliphatic heterocycles. The van der Waals surface area contributed by atoms with Gasteiger partial charge in [0.1, 0.15) is 0 Å². The van der Waals surface area contributed by atoms with E-state index in [0.29, 0.717) is 11.3 Å². The maximum atomic E-state index is 11.7. The Kier molecular flexibility index (Phi) is 5.80. The predicted molar refractivity (Wildman–Crippen MR) is 91.9 cm³/mol. The van der Waals surface area contributed by atoms with Gasteiger partial charge in [0, 0.05) is 15.7 Å². The fraction of sp³-hybridized carbons (Fsp3) is 0. The van der Waals surface area contributed by atoms with Gasteiger partial charge in [-0.2, -0.15) is 5.10 Å². The second-order valence-electron chi connectivity index (χ2n) is 4.56. The first-order valence-electron chi connectivity index (χ1n) is 6.69. The van der Waals surface area contributed by atoms with Crippen LogP contribution in [0.5, 0.6) is 0 Å². The van der Waals surface area contributed by atoms with Crippen LogP contribution in [-0.2, 0) is 9.59 Å². The Labute approximate surface area is 145 Å². The second-order valence-corrected chi connectivity index (χ2v) is 5.47. The van der Waals surface area contributed by atoms with Crippen LogP contribution >= 0.6 is 15.9 Å². The first-order chi connectivity index (χ1) is 11.5. The van der Waals surface area contributed by atoms with Crippen molar-refractivity contribution in [2.45, 2.75) is 0 Å². The summed E-state index contributed by atoms with van der Waals surface area (Å²) in [6.07, 6.45) is 1.16. The Morgan fingerprint density at radius 1 is 1.04 bits per heavy atom. The summed E-state index contributed by atoms with van der Waals surface area (Å²) in [7, 11) is 0. The molecule has 0 atom stereocenters. The standard InChI is InChI=1S/C16H12BrN3O4/c17-11-5-3-6-12(8-11)19-14(21)15(22)20-18-9-10-4-1-2-7-13(10)16(23)24/h1-9H,(H,19,21)(H,20,22)(H,23,24)/b18-9-. The minimum Gasteiger partial charge on any atom is -0.478 e. The smallest absolute Gasteiger partial charge is 0.336 e. The Morgan fingerprint density at radius 3 is 2.50 bits per heavy atom. The molecule has 2 rings (SSSR count). The number of amides is 2. The van der Waals surface area contributed by atoms with E-state index in [1.54, 1.807) is 36.4 Å². The molecule has 0 radical (unpaired) electrons. The van der Waals surface area contributed by atoms with Gasteiger partial charge >= 0.3 is 17.8 Å². The number of hydrogen-bond acceptors (Lipinski definition) is 4. The third-order valence-electron chi connectivity index (χ3n) is 2.85. The highest BCUT2D eigenvalue weighted by molar-refractivity contribution is 9.10. The van der Waals surface area contributed by atoms with Crippen molar-refractivity contribution in [1.82, 2.24) is 5.43 Å². The van der Waals surface area contributed by atoms with Crippen molar-refractivity contribution in [3.63, 3.8) is 0 Å². The number of aromatic carboxylic acids is 1. The van der Waals surface area contributed by atoms with Gasteiger partial charge in [0.25, 0.3) is 0 Å². The molecular formula is C16H12BrN3O4. The van der Waals surface area contributed by atoms with E-state index in [9.17, 15) is 14.4 Å². The summed E-state index contributed by atoms with van der Waals surface area (Å²) in [6.45, 7) is 0. The maximum absolute atomic E-state index is 11.7. The molecule has 0 unspecified atom stereocenters. The molecule has 2 aromatic carbocycles. The first kappa shape index (κ1) is 17.4.